The van der Waals surface area contributed by atoms with Gasteiger partial charge in [0, 0.05) is 30.8 Å². The molecule has 0 aliphatic carbocycles. The summed E-state index contributed by atoms with van der Waals surface area (Å²) in [7, 11) is 0. The Bertz CT molecular complexity index is 730. The van der Waals surface area contributed by atoms with Crippen molar-refractivity contribution in [3.05, 3.63) is 50.8 Å². The third kappa shape index (κ3) is 3.75. The number of nitrogens with zero attached hydrogens (tertiary/aromatic N) is 1. The Kier molecular flexibility index (Phi) is 4.12. The van der Waals surface area contributed by atoms with Gasteiger partial charge in [0.1, 0.15) is 0 Å². The average molecular weight is 292 g/mol. The van der Waals surface area contributed by atoms with Gasteiger partial charge in [-0.3, -0.25) is 19.4 Å². The molecule has 2 rings (SSSR count). The predicted octanol–water partition coefficient (Wildman–Crippen LogP) is -0.697. The molecule has 4 N–H and O–H groups in total. The SMILES string of the molecule is O=C(C[C@@H](Cc1cnc[nH]1)C(=O)O)c1cc(=O)[nH]c(=O)[nH]1. The molecule has 21 heavy (non-hydrogen) atoms. The fourth-order valence-electron chi connectivity index (χ4n) is 1.86. The van der Waals surface area contributed by atoms with Gasteiger partial charge in [0.2, 0.25) is 0 Å². The van der Waals surface area contributed by atoms with Crippen LogP contribution in [-0.2, 0) is 11.2 Å². The number of hydrogen-bond donors (Lipinski definition) is 4. The zero-order valence-corrected chi connectivity index (χ0v) is 10.8. The largest absolute Gasteiger partial charge is 0.481 e. The Morgan fingerprint density at radius 3 is 2.62 bits per heavy atom. The minimum absolute atomic E-state index is 0.0918. The predicted molar refractivity (Wildman–Crippen MR) is 70.0 cm³/mol. The van der Waals surface area contributed by atoms with Crippen LogP contribution in [-0.4, -0.2) is 36.8 Å². The van der Waals surface area contributed by atoms with Crippen molar-refractivity contribution in [2.75, 3.05) is 0 Å². The van der Waals surface area contributed by atoms with E-state index in [-0.39, 0.29) is 18.5 Å². The molecule has 0 radical (unpaired) electrons. The van der Waals surface area contributed by atoms with Crippen molar-refractivity contribution in [3.63, 3.8) is 0 Å². The van der Waals surface area contributed by atoms with Gasteiger partial charge in [0.25, 0.3) is 5.56 Å². The Hall–Kier alpha value is -2.97. The maximum Gasteiger partial charge on any atom is 0.326 e. The number of hydrogen-bond acceptors (Lipinski definition) is 5. The summed E-state index contributed by atoms with van der Waals surface area (Å²) in [5, 5.41) is 9.15. The second kappa shape index (κ2) is 5.99. The first kappa shape index (κ1) is 14.4. The Labute approximate surface area is 117 Å². The molecule has 0 fully saturated rings. The van der Waals surface area contributed by atoms with Crippen molar-refractivity contribution in [2.45, 2.75) is 12.8 Å². The molecule has 2 heterocycles. The molecule has 1 atom stereocenters. The maximum absolute atomic E-state index is 12.0. The molecule has 2 aromatic heterocycles. The molecule has 0 amide bonds. The minimum Gasteiger partial charge on any atom is -0.481 e. The Morgan fingerprint density at radius 1 is 1.29 bits per heavy atom. The van der Waals surface area contributed by atoms with Crippen molar-refractivity contribution < 1.29 is 14.7 Å². The number of H-pyrrole nitrogens is 3. The number of carboxylic acid groups (broad SMARTS) is 1. The van der Waals surface area contributed by atoms with E-state index in [0.29, 0.717) is 5.69 Å². The Morgan fingerprint density at radius 2 is 2.05 bits per heavy atom. The molecule has 0 aliphatic rings. The number of rotatable bonds is 6. The summed E-state index contributed by atoms with van der Waals surface area (Å²) in [6, 6.07) is 0.929. The topological polar surface area (TPSA) is 149 Å². The number of nitrogens with one attached hydrogen (secondary N) is 3. The number of aromatic nitrogens is 4. The van der Waals surface area contributed by atoms with Gasteiger partial charge < -0.3 is 15.1 Å². The summed E-state index contributed by atoms with van der Waals surface area (Å²) in [4.78, 5) is 56.0. The van der Waals surface area contributed by atoms with Gasteiger partial charge in [-0.15, -0.1) is 0 Å². The van der Waals surface area contributed by atoms with Crippen molar-refractivity contribution >= 4 is 11.8 Å². The van der Waals surface area contributed by atoms with Crippen LogP contribution in [0.1, 0.15) is 22.6 Å². The van der Waals surface area contributed by atoms with Gasteiger partial charge >= 0.3 is 11.7 Å². The first-order valence-corrected chi connectivity index (χ1v) is 6.02. The van der Waals surface area contributed by atoms with Crippen LogP contribution in [0.3, 0.4) is 0 Å². The lowest BCUT2D eigenvalue weighted by atomic mass is 9.96. The fourth-order valence-corrected chi connectivity index (χ4v) is 1.86. The van der Waals surface area contributed by atoms with Crippen LogP contribution in [0.25, 0.3) is 0 Å². The van der Waals surface area contributed by atoms with Crippen molar-refractivity contribution in [2.24, 2.45) is 5.92 Å². The van der Waals surface area contributed by atoms with Crippen LogP contribution in [0, 0.1) is 5.92 Å². The van der Waals surface area contributed by atoms with Crippen LogP contribution in [0.4, 0.5) is 0 Å². The van der Waals surface area contributed by atoms with Crippen molar-refractivity contribution in [1.82, 2.24) is 19.9 Å². The van der Waals surface area contributed by atoms with E-state index in [1.165, 1.54) is 12.5 Å². The van der Waals surface area contributed by atoms with Crippen LogP contribution in [0.15, 0.2) is 28.2 Å². The summed E-state index contributed by atoms with van der Waals surface area (Å²) in [6.45, 7) is 0. The van der Waals surface area contributed by atoms with Crippen molar-refractivity contribution in [1.29, 1.82) is 0 Å². The Balaban J connectivity index is 2.16. The van der Waals surface area contributed by atoms with E-state index >= 15 is 0 Å². The minimum atomic E-state index is -1.15. The number of Topliss-reactive ketones (excluding diaryl/α,β-unsaturated/α-hetero) is 1. The second-order valence-corrected chi connectivity index (χ2v) is 4.44. The number of aromatic amines is 3. The first-order valence-electron chi connectivity index (χ1n) is 6.02. The molecule has 0 unspecified atom stereocenters. The van der Waals surface area contributed by atoms with E-state index in [0.717, 1.165) is 6.07 Å². The summed E-state index contributed by atoms with van der Waals surface area (Å²) in [6.07, 6.45) is 2.63. The molecule has 0 aromatic carbocycles. The van der Waals surface area contributed by atoms with Crippen LogP contribution in [0.5, 0.6) is 0 Å². The summed E-state index contributed by atoms with van der Waals surface area (Å²) < 4.78 is 0. The lowest BCUT2D eigenvalue weighted by molar-refractivity contribution is -0.141. The maximum atomic E-state index is 12.0. The third-order valence-electron chi connectivity index (χ3n) is 2.86. The van der Waals surface area contributed by atoms with Crippen molar-refractivity contribution in [3.8, 4) is 0 Å². The smallest absolute Gasteiger partial charge is 0.326 e. The number of aliphatic carboxylic acids is 1. The van der Waals surface area contributed by atoms with Crippen LogP contribution in [0.2, 0.25) is 0 Å². The van der Waals surface area contributed by atoms with Crippen LogP contribution < -0.4 is 11.2 Å². The average Bonchev–Trinajstić information content (AvgIpc) is 2.89. The van der Waals surface area contributed by atoms with Crippen LogP contribution >= 0.6 is 0 Å². The van der Waals surface area contributed by atoms with Gasteiger partial charge in [0.15, 0.2) is 5.78 Å². The monoisotopic (exact) mass is 292 g/mol. The van der Waals surface area contributed by atoms with Gasteiger partial charge in [-0.2, -0.15) is 0 Å². The zero-order chi connectivity index (χ0) is 15.4. The molecule has 0 saturated heterocycles. The van der Waals surface area contributed by atoms with E-state index in [9.17, 15) is 19.2 Å². The molecule has 0 spiro atoms. The highest BCUT2D eigenvalue weighted by Gasteiger charge is 2.23. The fraction of sp³-hybridized carbons (Fsp3) is 0.250. The third-order valence-corrected chi connectivity index (χ3v) is 2.86. The molecule has 0 bridgehead atoms. The van der Waals surface area contributed by atoms with E-state index in [1.54, 1.807) is 0 Å². The number of carbonyl (C=O) groups excluding carboxylic acids is 1. The van der Waals surface area contributed by atoms with E-state index in [2.05, 4.69) is 15.0 Å². The molecule has 110 valence electrons. The van der Waals surface area contributed by atoms with Gasteiger partial charge in [-0.25, -0.2) is 9.78 Å². The number of carbonyl (C=O) groups is 2. The number of carboxylic acids is 1. The molecule has 9 nitrogen and oxygen atoms in total. The van der Waals surface area contributed by atoms with Gasteiger partial charge in [0.05, 0.1) is 17.9 Å². The van der Waals surface area contributed by atoms with Gasteiger partial charge in [-0.1, -0.05) is 0 Å². The first-order chi connectivity index (χ1) is 9.95. The summed E-state index contributed by atoms with van der Waals surface area (Å²) >= 11 is 0. The van der Waals surface area contributed by atoms with Gasteiger partial charge in [-0.05, 0) is 0 Å². The molecule has 0 aliphatic heterocycles. The van der Waals surface area contributed by atoms with E-state index in [4.69, 9.17) is 5.11 Å². The molecule has 0 saturated carbocycles. The number of imidazole rings is 1. The lowest BCUT2D eigenvalue weighted by Gasteiger charge is -2.10. The summed E-state index contributed by atoms with van der Waals surface area (Å²) in [5.41, 5.74) is -1.16. The molecule has 9 heteroatoms. The zero-order valence-electron chi connectivity index (χ0n) is 10.8. The molecular weight excluding hydrogens is 280 g/mol. The van der Waals surface area contributed by atoms with E-state index < -0.39 is 28.9 Å². The highest BCUT2D eigenvalue weighted by atomic mass is 16.4. The standard InChI is InChI=1S/C12H12N4O5/c17-9(8-3-10(18)16-12(21)15-8)2-6(11(19)20)1-7-4-13-5-14-7/h3-6H,1-2H2,(H,13,14)(H,19,20)(H2,15,16,18,21)/t6-/m1/s1. The number of ketones is 1. The van der Waals surface area contributed by atoms with E-state index in [1.807, 2.05) is 4.98 Å². The molecular formula is C12H12N4O5. The normalized spacial score (nSPS) is 12.0. The second-order valence-electron chi connectivity index (χ2n) is 4.44. The highest BCUT2D eigenvalue weighted by Crippen LogP contribution is 2.13. The lowest BCUT2D eigenvalue weighted by Crippen LogP contribution is -2.27. The highest BCUT2D eigenvalue weighted by molar-refractivity contribution is 5.96. The summed E-state index contributed by atoms with van der Waals surface area (Å²) in [5.74, 6) is -2.75. The molecule has 2 aromatic rings. The quantitative estimate of drug-likeness (QED) is 0.517.